The fraction of sp³-hybridized carbons (Fsp3) is 0.0488. The largest absolute Gasteiger partial charge is 0.342 e. The van der Waals surface area contributed by atoms with Crippen molar-refractivity contribution < 1.29 is 0 Å². The van der Waals surface area contributed by atoms with Crippen LogP contribution in [0.15, 0.2) is 168 Å². The van der Waals surface area contributed by atoms with Crippen LogP contribution in [0.1, 0.15) is 27.8 Å². The Labute approximate surface area is 257 Å². The van der Waals surface area contributed by atoms with Gasteiger partial charge >= 0.3 is 0 Å². The maximum absolute atomic E-state index is 5.13. The number of anilines is 3. The molecule has 0 fully saturated rings. The van der Waals surface area contributed by atoms with Crippen LogP contribution in [-0.4, -0.2) is 12.4 Å². The van der Waals surface area contributed by atoms with Crippen molar-refractivity contribution in [2.24, 2.45) is 4.99 Å². The molecule has 3 heteroatoms. The van der Waals surface area contributed by atoms with Gasteiger partial charge in [-0.2, -0.15) is 0 Å². The molecule has 44 heavy (non-hydrogen) atoms. The van der Waals surface area contributed by atoms with Crippen molar-refractivity contribution >= 4 is 28.5 Å². The average molecular weight is 564 g/mol. The second-order valence-electron chi connectivity index (χ2n) is 11.6. The van der Waals surface area contributed by atoms with Crippen LogP contribution in [0.25, 0.3) is 16.7 Å². The molecule has 1 aliphatic carbocycles. The second kappa shape index (κ2) is 9.68. The number of rotatable bonds is 3. The maximum Gasteiger partial charge on any atom is 0.132 e. The van der Waals surface area contributed by atoms with E-state index in [1.54, 1.807) is 0 Å². The zero-order valence-corrected chi connectivity index (χ0v) is 24.1. The van der Waals surface area contributed by atoms with Gasteiger partial charge in [0, 0.05) is 22.5 Å². The van der Waals surface area contributed by atoms with E-state index in [0.29, 0.717) is 6.54 Å². The summed E-state index contributed by atoms with van der Waals surface area (Å²) < 4.78 is 0. The molecule has 0 amide bonds. The highest BCUT2D eigenvalue weighted by Gasteiger charge is 2.54. The Kier molecular flexibility index (Phi) is 5.48. The van der Waals surface area contributed by atoms with Crippen molar-refractivity contribution in [2.75, 3.05) is 11.4 Å². The van der Waals surface area contributed by atoms with Gasteiger partial charge in [-0.3, -0.25) is 4.99 Å². The molecule has 0 atom stereocenters. The zero-order valence-electron chi connectivity index (χ0n) is 24.1. The Balaban J connectivity index is 1.24. The van der Waals surface area contributed by atoms with Gasteiger partial charge in [-0.05, 0) is 57.6 Å². The number of para-hydroxylation sites is 3. The summed E-state index contributed by atoms with van der Waals surface area (Å²) in [5, 5.41) is 3.95. The molecular formula is C41H29N3. The Morgan fingerprint density at radius 2 is 1.02 bits per heavy atom. The Morgan fingerprint density at radius 3 is 1.70 bits per heavy atom. The molecule has 208 valence electrons. The van der Waals surface area contributed by atoms with E-state index in [2.05, 4.69) is 168 Å². The summed E-state index contributed by atoms with van der Waals surface area (Å²) in [5.41, 5.74) is 14.1. The Morgan fingerprint density at radius 1 is 0.500 bits per heavy atom. The zero-order chi connectivity index (χ0) is 29.1. The summed E-state index contributed by atoms with van der Waals surface area (Å²) in [5.74, 6) is 0.913. The summed E-state index contributed by atoms with van der Waals surface area (Å²) in [6, 6.07) is 56.7. The van der Waals surface area contributed by atoms with Gasteiger partial charge in [0.05, 0.1) is 23.3 Å². The van der Waals surface area contributed by atoms with Crippen LogP contribution in [0.4, 0.5) is 17.1 Å². The number of amidine groups is 1. The van der Waals surface area contributed by atoms with Gasteiger partial charge in [0.2, 0.25) is 0 Å². The first-order valence-electron chi connectivity index (χ1n) is 15.2. The minimum absolute atomic E-state index is 0.504. The summed E-state index contributed by atoms with van der Waals surface area (Å²) in [6.07, 6.45) is 0. The van der Waals surface area contributed by atoms with Crippen LogP contribution in [0.5, 0.6) is 0 Å². The third-order valence-electron chi connectivity index (χ3n) is 9.35. The van der Waals surface area contributed by atoms with Crippen LogP contribution < -0.4 is 10.2 Å². The number of allylic oxidation sites excluding steroid dienone is 1. The van der Waals surface area contributed by atoms with E-state index < -0.39 is 5.41 Å². The number of nitrogens with one attached hydrogen (secondary N) is 1. The molecule has 1 N–H and O–H groups in total. The number of benzene rings is 6. The van der Waals surface area contributed by atoms with Crippen LogP contribution >= 0.6 is 0 Å². The third kappa shape index (κ3) is 3.47. The van der Waals surface area contributed by atoms with Crippen molar-refractivity contribution in [1.29, 1.82) is 0 Å². The number of hydrogen-bond donors (Lipinski definition) is 1. The SMILES string of the molecule is c1ccc(-c2ccc(C3=NCC4=C(N3)C3(c5ccccc54)c4ccccc4N(c4ccccc4)c4ccccc43)cc2)cc1. The van der Waals surface area contributed by atoms with Gasteiger partial charge < -0.3 is 10.2 Å². The molecule has 6 aromatic carbocycles. The lowest BCUT2D eigenvalue weighted by atomic mass is 9.65. The van der Waals surface area contributed by atoms with Crippen LogP contribution in [0.3, 0.4) is 0 Å². The number of nitrogens with zero attached hydrogens (tertiary/aromatic N) is 2. The fourth-order valence-electron chi connectivity index (χ4n) is 7.49. The molecule has 0 saturated heterocycles. The standard InChI is InChI=1S/C41H29N3/c1-3-13-28(14-4-1)29-23-25-30(26-24-29)40-42-27-33-32-17-7-8-18-34(32)41(39(33)43-40)35-19-9-11-21-37(35)44(31-15-5-2-6-16-31)38-22-12-10-20-36(38)41/h1-26H,27H2,(H,42,43). The van der Waals surface area contributed by atoms with Crippen LogP contribution in [0, 0.1) is 0 Å². The van der Waals surface area contributed by atoms with E-state index in [1.807, 2.05) is 0 Å². The molecule has 3 nitrogen and oxygen atoms in total. The molecule has 3 aliphatic rings. The van der Waals surface area contributed by atoms with E-state index >= 15 is 0 Å². The molecule has 6 aromatic rings. The second-order valence-corrected chi connectivity index (χ2v) is 11.6. The highest BCUT2D eigenvalue weighted by Crippen LogP contribution is 2.62. The summed E-state index contributed by atoms with van der Waals surface area (Å²) in [4.78, 5) is 7.55. The minimum atomic E-state index is -0.504. The molecule has 0 radical (unpaired) electrons. The lowest BCUT2D eigenvalue weighted by Crippen LogP contribution is -2.43. The minimum Gasteiger partial charge on any atom is -0.342 e. The summed E-state index contributed by atoms with van der Waals surface area (Å²) in [7, 11) is 0. The molecule has 0 unspecified atom stereocenters. The summed E-state index contributed by atoms with van der Waals surface area (Å²) >= 11 is 0. The lowest BCUT2D eigenvalue weighted by molar-refractivity contribution is 0.692. The normalized spacial score (nSPS) is 15.5. The van der Waals surface area contributed by atoms with E-state index in [0.717, 1.165) is 17.1 Å². The van der Waals surface area contributed by atoms with Gasteiger partial charge in [-0.15, -0.1) is 0 Å². The van der Waals surface area contributed by atoms with Crippen LogP contribution in [-0.2, 0) is 5.41 Å². The number of fused-ring (bicyclic) bond motifs is 8. The quantitative estimate of drug-likeness (QED) is 0.232. The maximum atomic E-state index is 5.13. The topological polar surface area (TPSA) is 27.6 Å². The van der Waals surface area contributed by atoms with Gasteiger partial charge in [-0.1, -0.05) is 133 Å². The van der Waals surface area contributed by atoms with Crippen molar-refractivity contribution in [3.8, 4) is 11.1 Å². The highest BCUT2D eigenvalue weighted by molar-refractivity contribution is 6.06. The molecule has 0 saturated carbocycles. The van der Waals surface area contributed by atoms with Crippen molar-refractivity contribution in [3.63, 3.8) is 0 Å². The predicted molar refractivity (Wildman–Crippen MR) is 181 cm³/mol. The van der Waals surface area contributed by atoms with E-state index in [9.17, 15) is 0 Å². The van der Waals surface area contributed by atoms with Gasteiger partial charge in [0.1, 0.15) is 5.84 Å². The molecule has 0 aromatic heterocycles. The van der Waals surface area contributed by atoms with E-state index in [1.165, 1.54) is 56.0 Å². The van der Waals surface area contributed by atoms with Gasteiger partial charge in [-0.25, -0.2) is 0 Å². The predicted octanol–water partition coefficient (Wildman–Crippen LogP) is 9.25. The molecule has 1 spiro atoms. The molecule has 0 bridgehead atoms. The van der Waals surface area contributed by atoms with Gasteiger partial charge in [0.15, 0.2) is 0 Å². The first-order valence-corrected chi connectivity index (χ1v) is 15.2. The fourth-order valence-corrected chi connectivity index (χ4v) is 7.49. The Bertz CT molecular complexity index is 2060. The smallest absolute Gasteiger partial charge is 0.132 e. The number of hydrogen-bond acceptors (Lipinski definition) is 3. The Hall–Kier alpha value is -5.67. The summed E-state index contributed by atoms with van der Waals surface area (Å²) in [6.45, 7) is 0.629. The monoisotopic (exact) mass is 563 g/mol. The van der Waals surface area contributed by atoms with Crippen LogP contribution in [0.2, 0.25) is 0 Å². The van der Waals surface area contributed by atoms with E-state index in [-0.39, 0.29) is 0 Å². The molecule has 2 aliphatic heterocycles. The first kappa shape index (κ1) is 24.9. The third-order valence-corrected chi connectivity index (χ3v) is 9.35. The van der Waals surface area contributed by atoms with Crippen molar-refractivity contribution in [2.45, 2.75) is 5.41 Å². The lowest BCUT2D eigenvalue weighted by Gasteiger charge is -2.46. The molecule has 2 heterocycles. The number of aliphatic imine (C=N–C) groups is 1. The van der Waals surface area contributed by atoms with Crippen molar-refractivity contribution in [3.05, 3.63) is 191 Å². The van der Waals surface area contributed by atoms with Gasteiger partial charge in [0.25, 0.3) is 0 Å². The average Bonchev–Trinajstić information content (AvgIpc) is 3.40. The van der Waals surface area contributed by atoms with Crippen molar-refractivity contribution in [1.82, 2.24) is 5.32 Å². The van der Waals surface area contributed by atoms with E-state index in [4.69, 9.17) is 4.99 Å². The molecule has 9 rings (SSSR count). The highest BCUT2D eigenvalue weighted by atomic mass is 15.2. The molecular weight excluding hydrogens is 534 g/mol. The first-order chi connectivity index (χ1) is 21.8.